The first kappa shape index (κ1) is 18.0. The molecule has 2 aromatic carbocycles. The summed E-state index contributed by atoms with van der Waals surface area (Å²) in [7, 11) is 3.92. The lowest BCUT2D eigenvalue weighted by atomic mass is 10.2. The van der Waals surface area contributed by atoms with Gasteiger partial charge >= 0.3 is 6.03 Å². The molecule has 1 fully saturated rings. The summed E-state index contributed by atoms with van der Waals surface area (Å²) in [4.78, 5) is 18.1. The van der Waals surface area contributed by atoms with Crippen molar-refractivity contribution in [3.63, 3.8) is 0 Å². The second kappa shape index (κ2) is 7.59. The molecule has 1 aliphatic rings. The molecule has 3 rings (SSSR count). The highest BCUT2D eigenvalue weighted by Gasteiger charge is 2.22. The molecule has 0 unspecified atom stereocenters. The summed E-state index contributed by atoms with van der Waals surface area (Å²) in [6, 6.07) is 11.3. The second-order valence-electron chi connectivity index (χ2n) is 6.44. The van der Waals surface area contributed by atoms with Crippen molar-refractivity contribution in [2.45, 2.75) is 0 Å². The van der Waals surface area contributed by atoms with Crippen LogP contribution in [0, 0.1) is 11.6 Å². The first-order valence-corrected chi connectivity index (χ1v) is 8.47. The van der Waals surface area contributed by atoms with Crippen molar-refractivity contribution in [3.05, 3.63) is 54.1 Å². The molecule has 1 N–H and O–H groups in total. The summed E-state index contributed by atoms with van der Waals surface area (Å²) in [5.41, 5.74) is 2.43. The number of benzene rings is 2. The molecule has 5 nitrogen and oxygen atoms in total. The molecule has 0 spiro atoms. The van der Waals surface area contributed by atoms with Gasteiger partial charge in [0.1, 0.15) is 0 Å². The van der Waals surface area contributed by atoms with E-state index in [1.54, 1.807) is 11.0 Å². The number of hydrogen-bond acceptors (Lipinski definition) is 3. The predicted molar refractivity (Wildman–Crippen MR) is 99.9 cm³/mol. The number of nitrogens with zero attached hydrogens (tertiary/aromatic N) is 3. The van der Waals surface area contributed by atoms with E-state index in [0.717, 1.165) is 17.4 Å². The van der Waals surface area contributed by atoms with Crippen molar-refractivity contribution < 1.29 is 13.6 Å². The minimum atomic E-state index is -0.858. The average Bonchev–Trinajstić information content (AvgIpc) is 2.64. The lowest BCUT2D eigenvalue weighted by Crippen LogP contribution is -2.50. The van der Waals surface area contributed by atoms with Gasteiger partial charge in [0.05, 0.1) is 0 Å². The minimum Gasteiger partial charge on any atom is -0.378 e. The standard InChI is InChI=1S/C19H22F2N4O/c1-23(2)15-5-3-14(4-6-15)22-19(26)25-11-9-24(10-12-25)16-7-8-17(20)18(21)13-16/h3-8,13H,9-12H2,1-2H3,(H,22,26). The third-order valence-electron chi connectivity index (χ3n) is 4.47. The molecule has 0 saturated carbocycles. The van der Waals surface area contributed by atoms with Crippen molar-refractivity contribution in [2.75, 3.05) is 55.4 Å². The minimum absolute atomic E-state index is 0.160. The fourth-order valence-corrected chi connectivity index (χ4v) is 2.89. The van der Waals surface area contributed by atoms with Gasteiger partial charge in [-0.05, 0) is 36.4 Å². The number of amides is 2. The van der Waals surface area contributed by atoms with Crippen LogP contribution in [0.1, 0.15) is 0 Å². The Kier molecular flexibility index (Phi) is 5.25. The van der Waals surface area contributed by atoms with Crippen LogP contribution in [0.3, 0.4) is 0 Å². The molecule has 1 saturated heterocycles. The quantitative estimate of drug-likeness (QED) is 0.912. The molecule has 2 aromatic rings. The first-order chi connectivity index (χ1) is 12.4. The summed E-state index contributed by atoms with van der Waals surface area (Å²) in [5, 5.41) is 2.89. The molecule has 1 aliphatic heterocycles. The van der Waals surface area contributed by atoms with Gasteiger partial charge in [-0.1, -0.05) is 0 Å². The Morgan fingerprint density at radius 3 is 2.19 bits per heavy atom. The lowest BCUT2D eigenvalue weighted by molar-refractivity contribution is 0.208. The molecule has 0 atom stereocenters. The van der Waals surface area contributed by atoms with Gasteiger partial charge in [-0.2, -0.15) is 0 Å². The van der Waals surface area contributed by atoms with E-state index in [4.69, 9.17) is 0 Å². The molecular formula is C19H22F2N4O. The number of carbonyl (C=O) groups is 1. The van der Waals surface area contributed by atoms with Crippen molar-refractivity contribution in [3.8, 4) is 0 Å². The van der Waals surface area contributed by atoms with E-state index >= 15 is 0 Å². The first-order valence-electron chi connectivity index (χ1n) is 8.47. The van der Waals surface area contributed by atoms with Crippen LogP contribution < -0.4 is 15.1 Å². The Morgan fingerprint density at radius 2 is 1.62 bits per heavy atom. The van der Waals surface area contributed by atoms with Crippen LogP contribution in [0.15, 0.2) is 42.5 Å². The highest BCUT2D eigenvalue weighted by Crippen LogP contribution is 2.20. The summed E-state index contributed by atoms with van der Waals surface area (Å²) in [5.74, 6) is -1.71. The van der Waals surface area contributed by atoms with Gasteiger partial charge in [0.15, 0.2) is 11.6 Å². The zero-order chi connectivity index (χ0) is 18.7. The van der Waals surface area contributed by atoms with Gasteiger partial charge in [-0.3, -0.25) is 0 Å². The van der Waals surface area contributed by atoms with Gasteiger partial charge < -0.3 is 20.0 Å². The van der Waals surface area contributed by atoms with Gasteiger partial charge in [0.25, 0.3) is 0 Å². The van der Waals surface area contributed by atoms with Gasteiger partial charge in [0, 0.05) is 63.4 Å². The molecule has 0 aliphatic carbocycles. The fraction of sp³-hybridized carbons (Fsp3) is 0.316. The third kappa shape index (κ3) is 4.04. The second-order valence-corrected chi connectivity index (χ2v) is 6.44. The smallest absolute Gasteiger partial charge is 0.321 e. The molecule has 26 heavy (non-hydrogen) atoms. The molecule has 138 valence electrons. The molecule has 0 radical (unpaired) electrons. The van der Waals surface area contributed by atoms with Gasteiger partial charge in [-0.15, -0.1) is 0 Å². The summed E-state index contributed by atoms with van der Waals surface area (Å²) in [6.07, 6.45) is 0. The predicted octanol–water partition coefficient (Wildman–Crippen LogP) is 3.38. The van der Waals surface area contributed by atoms with E-state index < -0.39 is 11.6 Å². The van der Waals surface area contributed by atoms with Crippen LogP contribution >= 0.6 is 0 Å². The Balaban J connectivity index is 1.55. The van der Waals surface area contributed by atoms with E-state index in [-0.39, 0.29) is 6.03 Å². The SMILES string of the molecule is CN(C)c1ccc(NC(=O)N2CCN(c3ccc(F)c(F)c3)CC2)cc1. The number of hydrogen-bond donors (Lipinski definition) is 1. The largest absolute Gasteiger partial charge is 0.378 e. The maximum atomic E-state index is 13.4. The van der Waals surface area contributed by atoms with Crippen molar-refractivity contribution in [1.29, 1.82) is 0 Å². The van der Waals surface area contributed by atoms with Crippen LogP contribution in [0.4, 0.5) is 30.6 Å². The van der Waals surface area contributed by atoms with Crippen LogP contribution in [-0.2, 0) is 0 Å². The Bertz CT molecular complexity index is 772. The number of piperazine rings is 1. The Labute approximate surface area is 151 Å². The number of halogens is 2. The van der Waals surface area contributed by atoms with Crippen molar-refractivity contribution in [2.24, 2.45) is 0 Å². The van der Waals surface area contributed by atoms with E-state index in [9.17, 15) is 13.6 Å². The molecule has 2 amide bonds. The van der Waals surface area contributed by atoms with Gasteiger partial charge in [-0.25, -0.2) is 13.6 Å². The number of nitrogens with one attached hydrogen (secondary N) is 1. The topological polar surface area (TPSA) is 38.8 Å². The average molecular weight is 360 g/mol. The highest BCUT2D eigenvalue weighted by atomic mass is 19.2. The number of rotatable bonds is 3. The van der Waals surface area contributed by atoms with Crippen LogP contribution in [-0.4, -0.2) is 51.2 Å². The number of carbonyl (C=O) groups excluding carboxylic acids is 1. The zero-order valence-corrected chi connectivity index (χ0v) is 14.9. The molecule has 0 bridgehead atoms. The maximum absolute atomic E-state index is 13.4. The highest BCUT2D eigenvalue weighted by molar-refractivity contribution is 5.89. The molecular weight excluding hydrogens is 338 g/mol. The normalized spacial score (nSPS) is 14.3. The summed E-state index contributed by atoms with van der Waals surface area (Å²) < 4.78 is 26.4. The fourth-order valence-electron chi connectivity index (χ4n) is 2.89. The van der Waals surface area contributed by atoms with E-state index in [0.29, 0.717) is 31.9 Å². The molecule has 7 heteroatoms. The van der Waals surface area contributed by atoms with Crippen LogP contribution in [0.5, 0.6) is 0 Å². The van der Waals surface area contributed by atoms with Crippen molar-refractivity contribution >= 4 is 23.1 Å². The van der Waals surface area contributed by atoms with E-state index in [1.165, 1.54) is 6.07 Å². The van der Waals surface area contributed by atoms with E-state index in [1.807, 2.05) is 48.2 Å². The third-order valence-corrected chi connectivity index (χ3v) is 4.47. The van der Waals surface area contributed by atoms with Crippen LogP contribution in [0.2, 0.25) is 0 Å². The summed E-state index contributed by atoms with van der Waals surface area (Å²) in [6.45, 7) is 2.16. The number of anilines is 3. The Morgan fingerprint density at radius 1 is 0.962 bits per heavy atom. The zero-order valence-electron chi connectivity index (χ0n) is 14.9. The van der Waals surface area contributed by atoms with Crippen LogP contribution in [0.25, 0.3) is 0 Å². The van der Waals surface area contributed by atoms with Crippen molar-refractivity contribution in [1.82, 2.24) is 4.90 Å². The lowest BCUT2D eigenvalue weighted by Gasteiger charge is -2.36. The summed E-state index contributed by atoms with van der Waals surface area (Å²) >= 11 is 0. The Hall–Kier alpha value is -2.83. The maximum Gasteiger partial charge on any atom is 0.321 e. The van der Waals surface area contributed by atoms with E-state index in [2.05, 4.69) is 5.32 Å². The van der Waals surface area contributed by atoms with Gasteiger partial charge in [0.2, 0.25) is 0 Å². The number of urea groups is 1. The molecule has 0 aromatic heterocycles. The monoisotopic (exact) mass is 360 g/mol. The molecule has 1 heterocycles.